The normalized spacial score (nSPS) is 18.5. The zero-order valence-electron chi connectivity index (χ0n) is 15.2. The lowest BCUT2D eigenvalue weighted by molar-refractivity contribution is -0.138. The lowest BCUT2D eigenvalue weighted by Gasteiger charge is -2.17. The van der Waals surface area contributed by atoms with E-state index in [1.165, 1.54) is 0 Å². The lowest BCUT2D eigenvalue weighted by atomic mass is 10.1. The van der Waals surface area contributed by atoms with Crippen molar-refractivity contribution < 1.29 is 39.5 Å². The minimum atomic E-state index is -4.56. The van der Waals surface area contributed by atoms with Gasteiger partial charge in [-0.05, 0) is 30.2 Å². The number of nitrogens with zero attached hydrogens (tertiary/aromatic N) is 2. The summed E-state index contributed by atoms with van der Waals surface area (Å²) >= 11 is 0. The largest absolute Gasteiger partial charge is 0.473 e. The summed E-state index contributed by atoms with van der Waals surface area (Å²) in [7, 11) is -3.85. The monoisotopic (exact) mass is 454 g/mol. The highest BCUT2D eigenvalue weighted by Crippen LogP contribution is 2.32. The van der Waals surface area contributed by atoms with Crippen LogP contribution < -0.4 is 4.74 Å². The van der Waals surface area contributed by atoms with Crippen molar-refractivity contribution in [2.45, 2.75) is 30.6 Å². The van der Waals surface area contributed by atoms with Crippen LogP contribution in [0.3, 0.4) is 0 Å². The van der Waals surface area contributed by atoms with Crippen LogP contribution in [0.1, 0.15) is 23.1 Å². The Kier molecular flexibility index (Phi) is 6.01. The number of hydrogen-bond acceptors (Lipinski definition) is 4. The van der Waals surface area contributed by atoms with Gasteiger partial charge in [0.15, 0.2) is 0 Å². The Bertz CT molecular complexity index is 990. The van der Waals surface area contributed by atoms with Gasteiger partial charge in [0.1, 0.15) is 6.10 Å². The molecule has 1 unspecified atom stereocenters. The molecule has 0 saturated carbocycles. The standard InChI is InChI=1S/C18H16F6N2O3S/c19-17(20,21)13-3-1-12(2-4-13)11-30(27,28)26-8-6-15(10-26)29-16-9-14(5-7-25-16)18(22,23)24/h1-5,7,9,15H,6,8,10-11H2. The highest BCUT2D eigenvalue weighted by Gasteiger charge is 2.35. The van der Waals surface area contributed by atoms with Crippen LogP contribution in [0.4, 0.5) is 26.3 Å². The van der Waals surface area contributed by atoms with E-state index < -0.39 is 45.4 Å². The molecule has 0 aliphatic carbocycles. The number of sulfonamides is 1. The molecule has 2 aromatic rings. The van der Waals surface area contributed by atoms with Crippen LogP contribution in [0.15, 0.2) is 42.6 Å². The maximum Gasteiger partial charge on any atom is 0.416 e. The Morgan fingerprint density at radius 1 is 1.00 bits per heavy atom. The van der Waals surface area contributed by atoms with Gasteiger partial charge in [0, 0.05) is 18.8 Å². The first-order chi connectivity index (χ1) is 13.8. The summed E-state index contributed by atoms with van der Waals surface area (Å²) in [5.41, 5.74) is -1.63. The van der Waals surface area contributed by atoms with Crippen LogP contribution in [0.2, 0.25) is 0 Å². The van der Waals surface area contributed by atoms with Crippen molar-refractivity contribution in [1.82, 2.24) is 9.29 Å². The summed E-state index contributed by atoms with van der Waals surface area (Å²) in [5.74, 6) is -0.767. The van der Waals surface area contributed by atoms with Crippen molar-refractivity contribution in [3.8, 4) is 5.88 Å². The van der Waals surface area contributed by atoms with E-state index >= 15 is 0 Å². The molecule has 0 radical (unpaired) electrons. The first-order valence-corrected chi connectivity index (χ1v) is 10.3. The fourth-order valence-electron chi connectivity index (χ4n) is 2.96. The van der Waals surface area contributed by atoms with Crippen LogP contribution in [0.25, 0.3) is 0 Å². The molecule has 12 heteroatoms. The van der Waals surface area contributed by atoms with Crippen molar-refractivity contribution in [2.75, 3.05) is 13.1 Å². The number of ether oxygens (including phenoxy) is 1. The average molecular weight is 454 g/mol. The zero-order valence-corrected chi connectivity index (χ0v) is 16.1. The van der Waals surface area contributed by atoms with Gasteiger partial charge in [0.2, 0.25) is 15.9 Å². The molecule has 0 spiro atoms. The predicted molar refractivity (Wildman–Crippen MR) is 93.9 cm³/mol. The smallest absolute Gasteiger partial charge is 0.416 e. The average Bonchev–Trinajstić information content (AvgIpc) is 3.10. The molecule has 1 aromatic carbocycles. The summed E-state index contributed by atoms with van der Waals surface area (Å²) in [4.78, 5) is 3.72. The first-order valence-electron chi connectivity index (χ1n) is 8.68. The van der Waals surface area contributed by atoms with E-state index in [9.17, 15) is 34.8 Å². The molecule has 0 bridgehead atoms. The van der Waals surface area contributed by atoms with Crippen molar-refractivity contribution >= 4 is 10.0 Å². The van der Waals surface area contributed by atoms with Gasteiger partial charge in [0.05, 0.1) is 23.4 Å². The van der Waals surface area contributed by atoms with Gasteiger partial charge >= 0.3 is 12.4 Å². The number of halogens is 6. The minimum absolute atomic E-state index is 0.0760. The van der Waals surface area contributed by atoms with Crippen LogP contribution in [0.5, 0.6) is 5.88 Å². The van der Waals surface area contributed by atoms with Gasteiger partial charge in [-0.25, -0.2) is 13.4 Å². The van der Waals surface area contributed by atoms with Crippen molar-refractivity contribution in [2.24, 2.45) is 0 Å². The Hall–Kier alpha value is -2.34. The zero-order chi connectivity index (χ0) is 22.2. The molecule has 1 fully saturated rings. The molecular formula is C18H16F6N2O3S. The highest BCUT2D eigenvalue weighted by atomic mass is 32.2. The van der Waals surface area contributed by atoms with Crippen LogP contribution in [0, 0.1) is 0 Å². The van der Waals surface area contributed by atoms with Crippen molar-refractivity contribution in [1.29, 1.82) is 0 Å². The fourth-order valence-corrected chi connectivity index (χ4v) is 4.53. The molecular weight excluding hydrogens is 438 g/mol. The van der Waals surface area contributed by atoms with Crippen molar-refractivity contribution in [3.05, 3.63) is 59.3 Å². The molecule has 2 heterocycles. The second-order valence-corrected chi connectivity index (χ2v) is 8.69. The van der Waals surface area contributed by atoms with Crippen LogP contribution >= 0.6 is 0 Å². The minimum Gasteiger partial charge on any atom is -0.473 e. The summed E-state index contributed by atoms with van der Waals surface area (Å²) in [6, 6.07) is 5.33. The Balaban J connectivity index is 1.63. The van der Waals surface area contributed by atoms with Gasteiger partial charge in [-0.15, -0.1) is 0 Å². The summed E-state index contributed by atoms with van der Waals surface area (Å²) in [6.07, 6.45) is -8.58. The fraction of sp³-hybridized carbons (Fsp3) is 0.389. The Morgan fingerprint density at radius 3 is 2.23 bits per heavy atom. The van der Waals surface area contributed by atoms with Gasteiger partial charge in [-0.3, -0.25) is 0 Å². The van der Waals surface area contributed by atoms with Crippen LogP contribution in [-0.4, -0.2) is 36.9 Å². The maximum absolute atomic E-state index is 12.8. The molecule has 0 N–H and O–H groups in total. The molecule has 30 heavy (non-hydrogen) atoms. The number of benzene rings is 1. The van der Waals surface area contributed by atoms with E-state index in [2.05, 4.69) is 4.98 Å². The van der Waals surface area contributed by atoms with Gasteiger partial charge in [0.25, 0.3) is 0 Å². The maximum atomic E-state index is 12.8. The molecule has 1 aromatic heterocycles. The molecule has 164 valence electrons. The van der Waals surface area contributed by atoms with E-state index in [1.807, 2.05) is 0 Å². The molecule has 1 saturated heterocycles. The van der Waals surface area contributed by atoms with Gasteiger partial charge in [-0.1, -0.05) is 12.1 Å². The van der Waals surface area contributed by atoms with Crippen molar-refractivity contribution in [3.63, 3.8) is 0 Å². The molecule has 3 rings (SSSR count). The third-order valence-corrected chi connectivity index (χ3v) is 6.30. The van der Waals surface area contributed by atoms with E-state index in [0.29, 0.717) is 0 Å². The summed E-state index contributed by atoms with van der Waals surface area (Å²) < 4.78 is 108. The first kappa shape index (κ1) is 22.3. The number of alkyl halides is 6. The van der Waals surface area contributed by atoms with E-state index in [0.717, 1.165) is 46.9 Å². The second-order valence-electron chi connectivity index (χ2n) is 6.72. The quantitative estimate of drug-likeness (QED) is 0.639. The number of pyridine rings is 1. The lowest BCUT2D eigenvalue weighted by Crippen LogP contribution is -2.32. The van der Waals surface area contributed by atoms with Crippen LogP contribution in [-0.2, 0) is 28.1 Å². The van der Waals surface area contributed by atoms with Gasteiger partial charge in [-0.2, -0.15) is 30.6 Å². The summed E-state index contributed by atoms with van der Waals surface area (Å²) in [6.45, 7) is -0.0203. The molecule has 0 amide bonds. The topological polar surface area (TPSA) is 59.5 Å². The third-order valence-electron chi connectivity index (χ3n) is 4.48. The number of aromatic nitrogens is 1. The molecule has 1 aliphatic rings. The summed E-state index contributed by atoms with van der Waals surface area (Å²) in [5, 5.41) is 0. The van der Waals surface area contributed by atoms with E-state index in [1.54, 1.807) is 0 Å². The SMILES string of the molecule is O=S(=O)(Cc1ccc(C(F)(F)F)cc1)N1CCC(Oc2cc(C(F)(F)F)ccn2)C1. The predicted octanol–water partition coefficient (Wildman–Crippen LogP) is 4.10. The number of hydrogen-bond donors (Lipinski definition) is 0. The highest BCUT2D eigenvalue weighted by molar-refractivity contribution is 7.88. The third kappa shape index (κ3) is 5.42. The molecule has 1 atom stereocenters. The Morgan fingerprint density at radius 2 is 1.63 bits per heavy atom. The van der Waals surface area contributed by atoms with Gasteiger partial charge < -0.3 is 4.74 Å². The molecule has 1 aliphatic heterocycles. The van der Waals surface area contributed by atoms with E-state index in [4.69, 9.17) is 4.74 Å². The van der Waals surface area contributed by atoms with E-state index in [-0.39, 0.29) is 31.0 Å². The Labute approximate surface area is 168 Å². The second kappa shape index (κ2) is 8.06. The molecule has 5 nitrogen and oxygen atoms in total. The number of rotatable bonds is 5.